The topological polar surface area (TPSA) is 102 Å². The van der Waals surface area contributed by atoms with Crippen LogP contribution in [-0.2, 0) is 21.2 Å². The number of carbonyl (C=O) groups excluding carboxylic acids is 1. The fourth-order valence-corrected chi connectivity index (χ4v) is 3.63. The summed E-state index contributed by atoms with van der Waals surface area (Å²) in [6.07, 6.45) is 1.67. The predicted molar refractivity (Wildman–Crippen MR) is 98.2 cm³/mol. The largest absolute Gasteiger partial charge is 0.369 e. The molecule has 128 valence electrons. The van der Waals surface area contributed by atoms with Crippen LogP contribution in [0.25, 0.3) is 10.9 Å². The summed E-state index contributed by atoms with van der Waals surface area (Å²) in [6.45, 7) is 0. The summed E-state index contributed by atoms with van der Waals surface area (Å²) in [6, 6.07) is 15.0. The average Bonchev–Trinajstić information content (AvgIpc) is 2.55. The highest BCUT2D eigenvalue weighted by Gasteiger charge is 2.18. The van der Waals surface area contributed by atoms with Gasteiger partial charge in [0, 0.05) is 21.6 Å². The van der Waals surface area contributed by atoms with Gasteiger partial charge in [-0.25, -0.2) is 8.42 Å². The average molecular weight is 347 g/mol. The lowest BCUT2D eigenvalue weighted by Gasteiger charge is -2.10. The van der Waals surface area contributed by atoms with Crippen molar-refractivity contribution in [1.82, 2.24) is 4.98 Å². The Morgan fingerprint density at radius 1 is 1.08 bits per heavy atom. The lowest BCUT2D eigenvalue weighted by molar-refractivity contribution is -0.117. The molecule has 2 aromatic carbocycles. The van der Waals surface area contributed by atoms with Gasteiger partial charge in [-0.2, -0.15) is 0 Å². The molecule has 0 aliphatic rings. The molecule has 1 heterocycles. The number of primary amides is 1. The lowest BCUT2D eigenvalue weighted by Crippen LogP contribution is -2.15. The number of fused-ring (bicyclic) bond motifs is 1. The van der Waals surface area contributed by atoms with E-state index in [1.54, 1.807) is 54.7 Å². The summed E-state index contributed by atoms with van der Waals surface area (Å²) in [7, 11) is -3.78. The normalized spacial score (nSPS) is 11.3. The van der Waals surface area contributed by atoms with Gasteiger partial charge in [0.2, 0.25) is 5.91 Å². The van der Waals surface area contributed by atoms with Crippen LogP contribution in [0.4, 0.5) is 5.69 Å². The van der Waals surface area contributed by atoms with Gasteiger partial charge in [-0.3, -0.25) is 14.5 Å². The Morgan fingerprint density at radius 3 is 2.50 bits per heavy atom. The van der Waals surface area contributed by atoms with Crippen molar-refractivity contribution >= 4 is 32.5 Å². The standard InChI is InChI=1S/C17H15N3O3S.3H2/c18-16(21)11-12-6-8-14(9-7-12)20-24(22,23)15-5-1-3-13-4-2-10-19-17(13)15;;;/h1-10,20H,11H2,(H2,18,21);3*1H. The maximum absolute atomic E-state index is 12.7. The second-order valence-corrected chi connectivity index (χ2v) is 6.93. The van der Waals surface area contributed by atoms with E-state index in [2.05, 4.69) is 9.71 Å². The van der Waals surface area contributed by atoms with E-state index in [1.807, 2.05) is 0 Å². The van der Waals surface area contributed by atoms with Gasteiger partial charge in [0.15, 0.2) is 0 Å². The molecule has 0 aliphatic heterocycles. The van der Waals surface area contributed by atoms with E-state index >= 15 is 0 Å². The molecule has 3 N–H and O–H groups in total. The molecule has 0 spiro atoms. The van der Waals surface area contributed by atoms with Crippen molar-refractivity contribution in [2.75, 3.05) is 4.72 Å². The van der Waals surface area contributed by atoms with Crippen LogP contribution in [0.5, 0.6) is 0 Å². The zero-order valence-corrected chi connectivity index (χ0v) is 13.5. The summed E-state index contributed by atoms with van der Waals surface area (Å²) in [5.41, 5.74) is 6.67. The smallest absolute Gasteiger partial charge is 0.264 e. The van der Waals surface area contributed by atoms with Gasteiger partial charge in [0.05, 0.1) is 11.9 Å². The lowest BCUT2D eigenvalue weighted by atomic mass is 10.1. The minimum Gasteiger partial charge on any atom is -0.369 e. The number of carbonyl (C=O) groups is 1. The van der Waals surface area contributed by atoms with E-state index in [9.17, 15) is 13.2 Å². The zero-order valence-electron chi connectivity index (χ0n) is 12.6. The second-order valence-electron chi connectivity index (χ2n) is 5.28. The van der Waals surface area contributed by atoms with Gasteiger partial charge in [-0.1, -0.05) is 30.3 Å². The maximum atomic E-state index is 12.7. The highest BCUT2D eigenvalue weighted by atomic mass is 32.2. The van der Waals surface area contributed by atoms with Crippen molar-refractivity contribution in [2.24, 2.45) is 5.73 Å². The van der Waals surface area contributed by atoms with Crippen LogP contribution in [0, 0.1) is 0 Å². The third-order valence-electron chi connectivity index (χ3n) is 3.47. The van der Waals surface area contributed by atoms with Crippen LogP contribution in [0.3, 0.4) is 0 Å². The van der Waals surface area contributed by atoms with E-state index < -0.39 is 15.9 Å². The monoisotopic (exact) mass is 347 g/mol. The fraction of sp³-hybridized carbons (Fsp3) is 0.0588. The van der Waals surface area contributed by atoms with E-state index in [1.165, 1.54) is 6.07 Å². The molecule has 0 saturated carbocycles. The van der Waals surface area contributed by atoms with E-state index in [4.69, 9.17) is 5.73 Å². The third kappa shape index (κ3) is 3.36. The van der Waals surface area contributed by atoms with Crippen LogP contribution < -0.4 is 10.5 Å². The Labute approximate surface area is 143 Å². The summed E-state index contributed by atoms with van der Waals surface area (Å²) in [5, 5.41) is 0.747. The van der Waals surface area contributed by atoms with E-state index in [0.717, 1.165) is 10.9 Å². The number of nitrogens with zero attached hydrogens (tertiary/aromatic N) is 1. The van der Waals surface area contributed by atoms with Crippen molar-refractivity contribution < 1.29 is 17.5 Å². The van der Waals surface area contributed by atoms with Crippen molar-refractivity contribution in [2.45, 2.75) is 11.3 Å². The zero-order chi connectivity index (χ0) is 17.2. The van der Waals surface area contributed by atoms with Crippen LogP contribution in [0.1, 0.15) is 9.84 Å². The first-order chi connectivity index (χ1) is 11.5. The summed E-state index contributed by atoms with van der Waals surface area (Å²) in [5.74, 6) is -0.440. The minimum atomic E-state index is -3.78. The first-order valence-corrected chi connectivity index (χ1v) is 8.68. The van der Waals surface area contributed by atoms with Crippen molar-refractivity contribution in [3.05, 3.63) is 66.4 Å². The Bertz CT molecular complexity index is 1010. The first kappa shape index (κ1) is 15.9. The number of para-hydroxylation sites is 1. The molecule has 7 heteroatoms. The number of hydrogen-bond acceptors (Lipinski definition) is 4. The second kappa shape index (κ2) is 6.29. The van der Waals surface area contributed by atoms with Gasteiger partial charge in [-0.15, -0.1) is 0 Å². The Kier molecular flexibility index (Phi) is 4.18. The number of benzene rings is 2. The molecular weight excluding hydrogens is 326 g/mol. The molecular formula is C17H21N3O3S. The van der Waals surface area contributed by atoms with Crippen molar-refractivity contribution in [3.63, 3.8) is 0 Å². The maximum Gasteiger partial charge on any atom is 0.264 e. The number of aromatic nitrogens is 1. The Balaban J connectivity index is 0.00000225. The van der Waals surface area contributed by atoms with Gasteiger partial charge in [0.1, 0.15) is 4.90 Å². The quantitative estimate of drug-likeness (QED) is 0.741. The van der Waals surface area contributed by atoms with Crippen LogP contribution in [-0.4, -0.2) is 19.3 Å². The van der Waals surface area contributed by atoms with Crippen LogP contribution >= 0.6 is 0 Å². The summed E-state index contributed by atoms with van der Waals surface area (Å²) in [4.78, 5) is 15.2. The molecule has 3 rings (SSSR count). The van der Waals surface area contributed by atoms with Crippen LogP contribution in [0.2, 0.25) is 0 Å². The molecule has 1 aromatic heterocycles. The van der Waals surface area contributed by atoms with Gasteiger partial charge < -0.3 is 5.73 Å². The Hall–Kier alpha value is -2.93. The molecule has 0 bridgehead atoms. The SMILES string of the molecule is NC(=O)Cc1ccc(NS(=O)(=O)c2cccc3cccnc23)cc1.[HH].[HH].[HH]. The summed E-state index contributed by atoms with van der Waals surface area (Å²) >= 11 is 0. The van der Waals surface area contributed by atoms with E-state index in [0.29, 0.717) is 11.2 Å². The van der Waals surface area contributed by atoms with Crippen molar-refractivity contribution in [3.8, 4) is 0 Å². The molecule has 3 aromatic rings. The highest BCUT2D eigenvalue weighted by molar-refractivity contribution is 7.93. The fourth-order valence-electron chi connectivity index (χ4n) is 2.40. The number of nitrogens with two attached hydrogens (primary N) is 1. The molecule has 0 unspecified atom stereocenters. The number of pyridine rings is 1. The third-order valence-corrected chi connectivity index (χ3v) is 4.88. The molecule has 24 heavy (non-hydrogen) atoms. The molecule has 1 amide bonds. The first-order valence-electron chi connectivity index (χ1n) is 7.19. The van der Waals surface area contributed by atoms with Crippen LogP contribution in [0.15, 0.2) is 65.7 Å². The molecule has 0 radical (unpaired) electrons. The number of amides is 1. The number of hydrogen-bond donors (Lipinski definition) is 2. The van der Waals surface area contributed by atoms with E-state index in [-0.39, 0.29) is 15.6 Å². The number of rotatable bonds is 5. The number of anilines is 1. The van der Waals surface area contributed by atoms with Crippen molar-refractivity contribution in [1.29, 1.82) is 0 Å². The molecule has 0 fully saturated rings. The summed E-state index contributed by atoms with van der Waals surface area (Å²) < 4.78 is 27.8. The molecule has 0 atom stereocenters. The number of nitrogens with one attached hydrogen (secondary N) is 1. The van der Waals surface area contributed by atoms with Gasteiger partial charge >= 0.3 is 0 Å². The molecule has 6 nitrogen and oxygen atoms in total. The minimum absolute atomic E-state index is 0. The molecule has 0 aliphatic carbocycles. The Morgan fingerprint density at radius 2 is 1.79 bits per heavy atom. The highest BCUT2D eigenvalue weighted by Crippen LogP contribution is 2.23. The van der Waals surface area contributed by atoms with Gasteiger partial charge in [-0.05, 0) is 29.8 Å². The molecule has 0 saturated heterocycles. The number of sulfonamides is 1. The van der Waals surface area contributed by atoms with Gasteiger partial charge in [0.25, 0.3) is 10.0 Å². The predicted octanol–water partition coefficient (Wildman–Crippen LogP) is 2.80.